The Bertz CT molecular complexity index is 2030. The highest BCUT2D eigenvalue weighted by molar-refractivity contribution is 6.06. The molecule has 5 aliphatic rings. The van der Waals surface area contributed by atoms with Crippen molar-refractivity contribution >= 4 is 40.9 Å². The zero-order chi connectivity index (χ0) is 37.3. The summed E-state index contributed by atoms with van der Waals surface area (Å²) in [6.45, 7) is 4.15. The molecule has 0 aliphatic carbocycles. The maximum atomic E-state index is 13.8. The van der Waals surface area contributed by atoms with Gasteiger partial charge in [0, 0.05) is 55.5 Å². The summed E-state index contributed by atoms with van der Waals surface area (Å²) in [6.07, 6.45) is 4.24. The van der Waals surface area contributed by atoms with Crippen molar-refractivity contribution in [1.29, 1.82) is 0 Å². The number of rotatable bonds is 11. The van der Waals surface area contributed by atoms with Gasteiger partial charge in [-0.3, -0.25) is 29.6 Å². The van der Waals surface area contributed by atoms with E-state index in [2.05, 4.69) is 31.2 Å². The monoisotopic (exact) mass is 733 g/mol. The van der Waals surface area contributed by atoms with Crippen LogP contribution in [0.15, 0.2) is 77.8 Å². The van der Waals surface area contributed by atoms with Crippen LogP contribution in [-0.4, -0.2) is 101 Å². The van der Waals surface area contributed by atoms with Crippen LogP contribution >= 0.6 is 0 Å². The second-order valence-corrected chi connectivity index (χ2v) is 14.3. The van der Waals surface area contributed by atoms with Gasteiger partial charge in [0.25, 0.3) is 5.91 Å². The maximum Gasteiger partial charge on any atom is 0.257 e. The first-order valence-corrected chi connectivity index (χ1v) is 18.5. The molecule has 3 saturated heterocycles. The number of fused-ring (bicyclic) bond motifs is 1. The van der Waals surface area contributed by atoms with Crippen LogP contribution in [0.2, 0.25) is 0 Å². The fourth-order valence-corrected chi connectivity index (χ4v) is 7.90. The molecule has 2 aromatic carbocycles. The van der Waals surface area contributed by atoms with E-state index in [9.17, 15) is 29.3 Å². The fourth-order valence-electron chi connectivity index (χ4n) is 7.90. The molecule has 5 aliphatic heterocycles. The van der Waals surface area contributed by atoms with Crippen LogP contribution in [0, 0.1) is 5.82 Å². The molecule has 3 fully saturated rings. The number of amides is 3. The number of anilines is 2. The largest absolute Gasteiger partial charge is 0.465 e. The molecule has 5 N–H and O–H groups in total. The number of pyridine rings is 1. The SMILES string of the molecule is [N-]=C(/C=C\C1=NCC(c2cccc(N3CC(NCCNc4ccc5c(c4)C(=O)N(C4CCC(=O)NC4=O)C5O)C3)n2)N1)N1CCCC1c1cccc(F)c1. The van der Waals surface area contributed by atoms with E-state index >= 15 is 0 Å². The van der Waals surface area contributed by atoms with Crippen molar-refractivity contribution in [3.8, 4) is 0 Å². The summed E-state index contributed by atoms with van der Waals surface area (Å²) >= 11 is 0. The predicted octanol–water partition coefficient (Wildman–Crippen LogP) is 2.77. The van der Waals surface area contributed by atoms with Gasteiger partial charge in [-0.2, -0.15) is 0 Å². The summed E-state index contributed by atoms with van der Waals surface area (Å²) in [4.78, 5) is 51.9. The molecule has 6 heterocycles. The Morgan fingerprint density at radius 1 is 1.04 bits per heavy atom. The molecule has 4 atom stereocenters. The number of aliphatic hydroxyl groups excluding tert-OH is 1. The zero-order valence-electron chi connectivity index (χ0n) is 29.6. The minimum Gasteiger partial charge on any atom is -0.465 e. The second-order valence-electron chi connectivity index (χ2n) is 14.3. The Kier molecular flexibility index (Phi) is 9.82. The summed E-state index contributed by atoms with van der Waals surface area (Å²) in [6, 6.07) is 17.0. The molecule has 54 heavy (non-hydrogen) atoms. The Balaban J connectivity index is 0.773. The number of likely N-dealkylation sites (tertiary alicyclic amines) is 1. The lowest BCUT2D eigenvalue weighted by Crippen LogP contribution is -2.59. The minimum absolute atomic E-state index is 0.0698. The number of benzene rings is 2. The molecule has 3 aromatic rings. The summed E-state index contributed by atoms with van der Waals surface area (Å²) in [5.41, 5.74) is 3.26. The van der Waals surface area contributed by atoms with Gasteiger partial charge >= 0.3 is 0 Å². The van der Waals surface area contributed by atoms with E-state index in [4.69, 9.17) is 4.98 Å². The first-order valence-electron chi connectivity index (χ1n) is 18.5. The fraction of sp³-hybridized carbons (Fsp3) is 0.385. The molecule has 0 radical (unpaired) electrons. The number of aliphatic hydroxyl groups is 1. The van der Waals surface area contributed by atoms with Crippen LogP contribution in [0.3, 0.4) is 0 Å². The third-order valence-electron chi connectivity index (χ3n) is 10.7. The highest BCUT2D eigenvalue weighted by Gasteiger charge is 2.44. The minimum atomic E-state index is -1.24. The molecule has 3 amide bonds. The van der Waals surface area contributed by atoms with Gasteiger partial charge in [-0.1, -0.05) is 42.6 Å². The van der Waals surface area contributed by atoms with Crippen LogP contribution in [0.5, 0.6) is 0 Å². The van der Waals surface area contributed by atoms with Crippen LogP contribution in [0.25, 0.3) is 5.41 Å². The second kappa shape index (κ2) is 15.0. The smallest absolute Gasteiger partial charge is 0.257 e. The molecule has 8 rings (SSSR count). The summed E-state index contributed by atoms with van der Waals surface area (Å²) in [5, 5.41) is 34.2. The number of aliphatic imine (C=N–C) groups is 1. The number of nitrogens with zero attached hydrogens (tertiary/aromatic N) is 6. The average Bonchev–Trinajstić information content (AvgIpc) is 3.89. The van der Waals surface area contributed by atoms with Crippen LogP contribution in [-0.2, 0) is 9.59 Å². The van der Waals surface area contributed by atoms with E-state index in [-0.39, 0.29) is 42.5 Å². The Morgan fingerprint density at radius 3 is 2.72 bits per heavy atom. The quantitative estimate of drug-likeness (QED) is 0.0853. The normalized spacial score (nSPS) is 24.1. The summed E-state index contributed by atoms with van der Waals surface area (Å²) in [5.74, 6) is 0.0400. The number of carbonyl (C=O) groups excluding carboxylic acids is 3. The van der Waals surface area contributed by atoms with Crippen molar-refractivity contribution in [3.63, 3.8) is 0 Å². The first-order chi connectivity index (χ1) is 26.2. The number of amidine groups is 2. The molecule has 14 nitrogen and oxygen atoms in total. The number of imide groups is 1. The van der Waals surface area contributed by atoms with Gasteiger partial charge in [0.2, 0.25) is 11.8 Å². The van der Waals surface area contributed by atoms with Crippen molar-refractivity contribution in [2.75, 3.05) is 49.5 Å². The van der Waals surface area contributed by atoms with Gasteiger partial charge in [-0.25, -0.2) is 9.37 Å². The van der Waals surface area contributed by atoms with Crippen molar-refractivity contribution in [1.82, 2.24) is 30.7 Å². The van der Waals surface area contributed by atoms with Crippen LogP contribution in [0.4, 0.5) is 15.9 Å². The van der Waals surface area contributed by atoms with E-state index in [0.29, 0.717) is 49.2 Å². The third kappa shape index (κ3) is 7.16. The topological polar surface area (TPSA) is 177 Å². The van der Waals surface area contributed by atoms with E-state index in [1.807, 2.05) is 29.2 Å². The molecule has 0 spiro atoms. The Hall–Kier alpha value is -5.67. The van der Waals surface area contributed by atoms with Gasteiger partial charge < -0.3 is 36.3 Å². The highest BCUT2D eigenvalue weighted by atomic mass is 19.1. The van der Waals surface area contributed by atoms with Gasteiger partial charge in [0.15, 0.2) is 6.23 Å². The lowest BCUT2D eigenvalue weighted by Gasteiger charge is -2.41. The van der Waals surface area contributed by atoms with E-state index in [1.54, 1.807) is 36.4 Å². The molecule has 0 bridgehead atoms. The van der Waals surface area contributed by atoms with Crippen molar-refractivity contribution in [2.24, 2.45) is 4.99 Å². The number of hydrogen-bond acceptors (Lipinski definition) is 10. The molecule has 280 valence electrons. The summed E-state index contributed by atoms with van der Waals surface area (Å²) in [7, 11) is 0. The van der Waals surface area contributed by atoms with Gasteiger partial charge in [-0.15, -0.1) is 0 Å². The number of hydrogen-bond donors (Lipinski definition) is 5. The van der Waals surface area contributed by atoms with Crippen LogP contribution < -0.4 is 26.2 Å². The van der Waals surface area contributed by atoms with E-state index in [1.165, 1.54) is 12.1 Å². The zero-order valence-corrected chi connectivity index (χ0v) is 29.6. The number of aromatic nitrogens is 1. The number of carbonyl (C=O) groups is 3. The molecule has 4 unspecified atom stereocenters. The predicted molar refractivity (Wildman–Crippen MR) is 201 cm³/mol. The number of piperidine rings is 1. The van der Waals surface area contributed by atoms with Crippen molar-refractivity contribution < 1.29 is 23.9 Å². The molecule has 15 heteroatoms. The van der Waals surface area contributed by atoms with Crippen molar-refractivity contribution in [2.45, 2.75) is 56.1 Å². The van der Waals surface area contributed by atoms with E-state index in [0.717, 1.165) is 53.6 Å². The first kappa shape index (κ1) is 35.4. The van der Waals surface area contributed by atoms with Crippen molar-refractivity contribution in [3.05, 3.63) is 106 Å². The molecular formula is C39H42FN10O4-. The highest BCUT2D eigenvalue weighted by Crippen LogP contribution is 2.37. The molecular weight excluding hydrogens is 691 g/mol. The van der Waals surface area contributed by atoms with Crippen LogP contribution in [0.1, 0.15) is 71.2 Å². The maximum absolute atomic E-state index is 13.8. The van der Waals surface area contributed by atoms with Gasteiger partial charge in [0.05, 0.1) is 18.3 Å². The lowest BCUT2D eigenvalue weighted by atomic mass is 10.0. The molecule has 1 aromatic heterocycles. The molecule has 0 saturated carbocycles. The van der Waals surface area contributed by atoms with E-state index < -0.39 is 24.1 Å². The summed E-state index contributed by atoms with van der Waals surface area (Å²) < 4.78 is 13.8. The third-order valence-corrected chi connectivity index (χ3v) is 10.7. The Morgan fingerprint density at radius 2 is 1.89 bits per heavy atom. The standard InChI is InChI=1S/C39H42FN10O4/c40-24-5-1-4-23(18-24)31-7-3-17-49(31)33(41)12-13-34-44-20-30(45-34)29-6-2-8-35(46-29)48-21-26(22-48)43-16-15-42-25-9-10-27-28(19-25)39(54)50(38(27)53)32-11-14-36(51)47-37(32)52/h1-2,4-6,8-10,12-13,18-19,26,30-32,38,42-43,53H,3,7,11,14-17,20-22H2,(H,44,45)(H,47,51,52)/q-1/b13-12-. The van der Waals surface area contributed by atoms with Gasteiger partial charge in [-0.05, 0) is 73.5 Å². The number of nitrogens with one attached hydrogen (secondary N) is 4. The average molecular weight is 734 g/mol. The number of halogens is 1. The lowest BCUT2D eigenvalue weighted by molar-refractivity contribution is -0.139. The Labute approximate surface area is 312 Å². The van der Waals surface area contributed by atoms with Gasteiger partial charge in [0.1, 0.15) is 23.5 Å².